The molecule has 3 N–H and O–H groups in total. The van der Waals surface area contributed by atoms with Crippen molar-refractivity contribution >= 4 is 5.91 Å². The quantitative estimate of drug-likeness (QED) is 0.668. The Kier molecular flexibility index (Phi) is 5.59. The van der Waals surface area contributed by atoms with Gasteiger partial charge >= 0.3 is 0 Å². The predicted octanol–water partition coefficient (Wildman–Crippen LogP) is 0.991. The molecule has 1 aliphatic carbocycles. The van der Waals surface area contributed by atoms with Gasteiger partial charge in [0.05, 0.1) is 6.04 Å². The molecular formula is C16H24N2O3. The molecular weight excluding hydrogens is 268 g/mol. The molecule has 1 aromatic rings. The second kappa shape index (κ2) is 7.43. The second-order valence-corrected chi connectivity index (χ2v) is 5.64. The zero-order chi connectivity index (χ0) is 15.2. The minimum Gasteiger partial charge on any atom is -0.491 e. The molecule has 5 heteroatoms. The third-order valence-corrected chi connectivity index (χ3v) is 3.50. The van der Waals surface area contributed by atoms with E-state index >= 15 is 0 Å². The van der Waals surface area contributed by atoms with Gasteiger partial charge < -0.3 is 20.5 Å². The summed E-state index contributed by atoms with van der Waals surface area (Å²) in [6, 6.07) is 7.73. The van der Waals surface area contributed by atoms with Crippen LogP contribution in [0.4, 0.5) is 0 Å². The lowest BCUT2D eigenvalue weighted by atomic mass is 10.2. The van der Waals surface area contributed by atoms with E-state index in [-0.39, 0.29) is 18.6 Å². The molecule has 1 aliphatic rings. The third-order valence-electron chi connectivity index (χ3n) is 3.50. The van der Waals surface area contributed by atoms with Crippen LogP contribution in [0.2, 0.25) is 0 Å². The van der Waals surface area contributed by atoms with Crippen LogP contribution in [-0.2, 0) is 4.79 Å². The minimum atomic E-state index is -0.652. The Morgan fingerprint density at radius 3 is 2.81 bits per heavy atom. The summed E-state index contributed by atoms with van der Waals surface area (Å²) in [5, 5.41) is 15.9. The Morgan fingerprint density at radius 1 is 1.43 bits per heavy atom. The number of hydrogen-bond donors (Lipinski definition) is 3. The largest absolute Gasteiger partial charge is 0.491 e. The topological polar surface area (TPSA) is 70.6 Å². The maximum absolute atomic E-state index is 11.7. The maximum Gasteiger partial charge on any atom is 0.237 e. The van der Waals surface area contributed by atoms with Crippen LogP contribution >= 0.6 is 0 Å². The fourth-order valence-electron chi connectivity index (χ4n) is 1.92. The molecule has 2 unspecified atom stereocenters. The van der Waals surface area contributed by atoms with Crippen molar-refractivity contribution in [3.63, 3.8) is 0 Å². The second-order valence-electron chi connectivity index (χ2n) is 5.64. The summed E-state index contributed by atoms with van der Waals surface area (Å²) < 4.78 is 5.58. The van der Waals surface area contributed by atoms with E-state index in [0.717, 1.165) is 24.2 Å². The fourth-order valence-corrected chi connectivity index (χ4v) is 1.92. The summed E-state index contributed by atoms with van der Waals surface area (Å²) in [6.45, 7) is 4.29. The predicted molar refractivity (Wildman–Crippen MR) is 81.3 cm³/mol. The lowest BCUT2D eigenvalue weighted by Crippen LogP contribution is -2.46. The number of carbonyl (C=O) groups is 1. The summed E-state index contributed by atoms with van der Waals surface area (Å²) in [4.78, 5) is 11.7. The number of para-hydroxylation sites is 1. The Labute approximate surface area is 125 Å². The molecule has 116 valence electrons. The van der Waals surface area contributed by atoms with E-state index in [1.54, 1.807) is 6.92 Å². The smallest absolute Gasteiger partial charge is 0.237 e. The van der Waals surface area contributed by atoms with Crippen LogP contribution in [0, 0.1) is 6.92 Å². The lowest BCUT2D eigenvalue weighted by Gasteiger charge is -2.18. The third kappa shape index (κ3) is 5.36. The van der Waals surface area contributed by atoms with Gasteiger partial charge in [0.2, 0.25) is 5.91 Å². The van der Waals surface area contributed by atoms with E-state index in [1.807, 2.05) is 31.2 Å². The lowest BCUT2D eigenvalue weighted by molar-refractivity contribution is -0.123. The standard InChI is InChI=1S/C16H24N2O3/c1-11-5-3-4-6-15(11)21-10-14(19)9-17-12(2)16(20)18-13-7-8-13/h3-6,12-14,17,19H,7-10H2,1-2H3,(H,18,20). The number of hydrogen-bond acceptors (Lipinski definition) is 4. The van der Waals surface area contributed by atoms with Crippen LogP contribution in [0.25, 0.3) is 0 Å². The van der Waals surface area contributed by atoms with E-state index in [1.165, 1.54) is 0 Å². The van der Waals surface area contributed by atoms with Crippen molar-refractivity contribution in [2.45, 2.75) is 44.9 Å². The Morgan fingerprint density at radius 2 is 2.14 bits per heavy atom. The van der Waals surface area contributed by atoms with Gasteiger partial charge in [-0.1, -0.05) is 18.2 Å². The van der Waals surface area contributed by atoms with Crippen molar-refractivity contribution in [1.29, 1.82) is 0 Å². The number of amides is 1. The van der Waals surface area contributed by atoms with Crippen molar-refractivity contribution in [3.05, 3.63) is 29.8 Å². The number of rotatable bonds is 8. The molecule has 2 rings (SSSR count). The van der Waals surface area contributed by atoms with E-state index in [4.69, 9.17) is 4.74 Å². The van der Waals surface area contributed by atoms with Gasteiger partial charge in [-0.2, -0.15) is 0 Å². The molecule has 0 spiro atoms. The van der Waals surface area contributed by atoms with Gasteiger partial charge in [-0.15, -0.1) is 0 Å². The molecule has 1 saturated carbocycles. The van der Waals surface area contributed by atoms with E-state index < -0.39 is 6.10 Å². The van der Waals surface area contributed by atoms with Gasteiger partial charge in [-0.3, -0.25) is 4.79 Å². The minimum absolute atomic E-state index is 0.00970. The molecule has 0 bridgehead atoms. The van der Waals surface area contributed by atoms with Crippen molar-refractivity contribution in [3.8, 4) is 5.75 Å². The molecule has 0 aromatic heterocycles. The zero-order valence-electron chi connectivity index (χ0n) is 12.6. The van der Waals surface area contributed by atoms with Crippen LogP contribution in [-0.4, -0.2) is 42.4 Å². The van der Waals surface area contributed by atoms with Crippen molar-refractivity contribution in [1.82, 2.24) is 10.6 Å². The number of aryl methyl sites for hydroxylation is 1. The van der Waals surface area contributed by atoms with Gasteiger partial charge in [0.15, 0.2) is 0 Å². The van der Waals surface area contributed by atoms with E-state index in [0.29, 0.717) is 12.6 Å². The summed E-state index contributed by atoms with van der Waals surface area (Å²) >= 11 is 0. The maximum atomic E-state index is 11.7. The average molecular weight is 292 g/mol. The van der Waals surface area contributed by atoms with Gasteiger partial charge in [0.25, 0.3) is 0 Å². The molecule has 1 aromatic carbocycles. The number of benzene rings is 1. The van der Waals surface area contributed by atoms with Crippen LogP contribution < -0.4 is 15.4 Å². The highest BCUT2D eigenvalue weighted by atomic mass is 16.5. The molecule has 1 amide bonds. The van der Waals surface area contributed by atoms with Gasteiger partial charge in [0, 0.05) is 12.6 Å². The fraction of sp³-hybridized carbons (Fsp3) is 0.562. The Bertz CT molecular complexity index is 474. The average Bonchev–Trinajstić information content (AvgIpc) is 3.27. The molecule has 0 aliphatic heterocycles. The molecule has 1 fully saturated rings. The zero-order valence-corrected chi connectivity index (χ0v) is 12.6. The van der Waals surface area contributed by atoms with Crippen molar-refractivity contribution in [2.75, 3.05) is 13.2 Å². The molecule has 2 atom stereocenters. The SMILES string of the molecule is Cc1ccccc1OCC(O)CNC(C)C(=O)NC1CC1. The number of nitrogens with one attached hydrogen (secondary N) is 2. The molecule has 21 heavy (non-hydrogen) atoms. The van der Waals surface area contributed by atoms with Gasteiger partial charge in [-0.05, 0) is 38.3 Å². The van der Waals surface area contributed by atoms with Crippen molar-refractivity contribution in [2.24, 2.45) is 0 Å². The molecule has 0 heterocycles. The van der Waals surface area contributed by atoms with Gasteiger partial charge in [-0.25, -0.2) is 0 Å². The monoisotopic (exact) mass is 292 g/mol. The van der Waals surface area contributed by atoms with E-state index in [9.17, 15) is 9.90 Å². The summed E-state index contributed by atoms with van der Waals surface area (Å²) in [6.07, 6.45) is 1.50. The molecule has 0 saturated heterocycles. The summed E-state index contributed by atoms with van der Waals surface area (Å²) in [5.41, 5.74) is 1.04. The molecule has 5 nitrogen and oxygen atoms in total. The van der Waals surface area contributed by atoms with Crippen LogP contribution in [0.15, 0.2) is 24.3 Å². The number of aliphatic hydroxyl groups excluding tert-OH is 1. The first-order valence-electron chi connectivity index (χ1n) is 7.46. The number of carbonyl (C=O) groups excluding carboxylic acids is 1. The van der Waals surface area contributed by atoms with Crippen molar-refractivity contribution < 1.29 is 14.6 Å². The van der Waals surface area contributed by atoms with Gasteiger partial charge in [0.1, 0.15) is 18.5 Å². The first-order chi connectivity index (χ1) is 10.1. The number of ether oxygens (including phenoxy) is 1. The van der Waals surface area contributed by atoms with Crippen LogP contribution in [0.5, 0.6) is 5.75 Å². The normalized spacial score (nSPS) is 17.1. The Hall–Kier alpha value is -1.59. The molecule has 0 radical (unpaired) electrons. The first-order valence-corrected chi connectivity index (χ1v) is 7.46. The first kappa shape index (κ1) is 15.8. The number of aliphatic hydroxyl groups is 1. The highest BCUT2D eigenvalue weighted by molar-refractivity contribution is 5.81. The Balaban J connectivity index is 1.65. The van der Waals surface area contributed by atoms with Crippen LogP contribution in [0.1, 0.15) is 25.3 Å². The highest BCUT2D eigenvalue weighted by Gasteiger charge is 2.25. The van der Waals surface area contributed by atoms with Crippen LogP contribution in [0.3, 0.4) is 0 Å². The highest BCUT2D eigenvalue weighted by Crippen LogP contribution is 2.18. The summed E-state index contributed by atoms with van der Waals surface area (Å²) in [5.74, 6) is 0.764. The summed E-state index contributed by atoms with van der Waals surface area (Å²) in [7, 11) is 0. The van der Waals surface area contributed by atoms with E-state index in [2.05, 4.69) is 10.6 Å².